The van der Waals surface area contributed by atoms with Gasteiger partial charge >= 0.3 is 0 Å². The van der Waals surface area contributed by atoms with Crippen LogP contribution in [-0.2, 0) is 10.0 Å². The highest BCUT2D eigenvalue weighted by atomic mass is 32.2. The molecule has 1 aromatic rings. The molecule has 6 heteroatoms. The predicted molar refractivity (Wildman–Crippen MR) is 77.0 cm³/mol. The molecule has 0 atom stereocenters. The van der Waals surface area contributed by atoms with E-state index in [4.69, 9.17) is 0 Å². The van der Waals surface area contributed by atoms with Crippen molar-refractivity contribution in [3.8, 4) is 0 Å². The van der Waals surface area contributed by atoms with E-state index in [0.29, 0.717) is 10.9 Å². The molecular formula is C13H21N3O2S. The average molecular weight is 283 g/mol. The Kier molecular flexibility index (Phi) is 4.44. The lowest BCUT2D eigenvalue weighted by Gasteiger charge is -2.40. The van der Waals surface area contributed by atoms with Crippen molar-refractivity contribution >= 4 is 15.7 Å². The van der Waals surface area contributed by atoms with Gasteiger partial charge in [-0.05, 0) is 25.6 Å². The predicted octanol–water partition coefficient (Wildman–Crippen LogP) is 0.783. The Morgan fingerprint density at radius 3 is 2.58 bits per heavy atom. The molecule has 0 saturated carbocycles. The van der Waals surface area contributed by atoms with E-state index in [1.54, 1.807) is 12.1 Å². The molecule has 0 aliphatic carbocycles. The van der Waals surface area contributed by atoms with Crippen LogP contribution in [0.1, 0.15) is 13.3 Å². The fourth-order valence-electron chi connectivity index (χ4n) is 2.27. The average Bonchev–Trinajstić information content (AvgIpc) is 2.36. The smallest absolute Gasteiger partial charge is 0.242 e. The van der Waals surface area contributed by atoms with Crippen LogP contribution >= 0.6 is 0 Å². The van der Waals surface area contributed by atoms with E-state index in [2.05, 4.69) is 21.9 Å². The second-order valence-corrected chi connectivity index (χ2v) is 6.54. The highest BCUT2D eigenvalue weighted by Gasteiger charge is 2.28. The van der Waals surface area contributed by atoms with Gasteiger partial charge in [0.2, 0.25) is 10.0 Å². The summed E-state index contributed by atoms with van der Waals surface area (Å²) in [7, 11) is -1.98. The van der Waals surface area contributed by atoms with Gasteiger partial charge < -0.3 is 10.2 Å². The summed E-state index contributed by atoms with van der Waals surface area (Å²) in [6.45, 7) is 4.79. The first kappa shape index (κ1) is 14.3. The maximum atomic E-state index is 12.1. The molecule has 1 saturated heterocycles. The number of hydrogen-bond donors (Lipinski definition) is 2. The van der Waals surface area contributed by atoms with Crippen molar-refractivity contribution in [3.05, 3.63) is 24.3 Å². The van der Waals surface area contributed by atoms with Crippen LogP contribution in [0.3, 0.4) is 0 Å². The Hall–Kier alpha value is -1.11. The molecule has 1 aliphatic rings. The van der Waals surface area contributed by atoms with Gasteiger partial charge in [0.05, 0.1) is 11.7 Å². The first-order valence-corrected chi connectivity index (χ1v) is 8.08. The number of para-hydroxylation sites is 1. The fourth-order valence-corrected chi connectivity index (χ4v) is 3.20. The molecule has 0 spiro atoms. The van der Waals surface area contributed by atoms with Gasteiger partial charge in [0.25, 0.3) is 0 Å². The second-order valence-electron chi connectivity index (χ2n) is 4.68. The van der Waals surface area contributed by atoms with E-state index in [-0.39, 0.29) is 0 Å². The van der Waals surface area contributed by atoms with Crippen LogP contribution in [0.25, 0.3) is 0 Å². The molecule has 0 radical (unpaired) electrons. The van der Waals surface area contributed by atoms with Gasteiger partial charge in [0.15, 0.2) is 0 Å². The molecule has 2 N–H and O–H groups in total. The summed E-state index contributed by atoms with van der Waals surface area (Å²) in [5.41, 5.74) is 0.796. The molecule has 2 rings (SSSR count). The molecule has 1 fully saturated rings. The molecule has 106 valence electrons. The number of nitrogens with zero attached hydrogens (tertiary/aromatic N) is 1. The highest BCUT2D eigenvalue weighted by molar-refractivity contribution is 7.89. The summed E-state index contributed by atoms with van der Waals surface area (Å²) in [5.74, 6) is 0. The molecule has 1 heterocycles. The zero-order valence-corrected chi connectivity index (χ0v) is 12.2. The van der Waals surface area contributed by atoms with Gasteiger partial charge in [-0.15, -0.1) is 0 Å². The van der Waals surface area contributed by atoms with Crippen LogP contribution in [0.5, 0.6) is 0 Å². The van der Waals surface area contributed by atoms with Crippen LogP contribution in [0, 0.1) is 0 Å². The third-order valence-corrected chi connectivity index (χ3v) is 4.86. The standard InChI is InChI=1S/C13H21N3O2S/c1-3-8-16(11-9-15-10-11)12-6-4-5-7-13(12)19(17,18)14-2/h4-7,11,14-15H,3,8-10H2,1-2H3. The first-order chi connectivity index (χ1) is 9.10. The topological polar surface area (TPSA) is 61.4 Å². The summed E-state index contributed by atoms with van der Waals surface area (Å²) in [6.07, 6.45) is 0.991. The van der Waals surface area contributed by atoms with Gasteiger partial charge in [-0.3, -0.25) is 0 Å². The Labute approximate surface area is 115 Å². The van der Waals surface area contributed by atoms with Crippen LogP contribution in [0.2, 0.25) is 0 Å². The quantitative estimate of drug-likeness (QED) is 0.810. The number of nitrogens with one attached hydrogen (secondary N) is 2. The summed E-state index contributed by atoms with van der Waals surface area (Å²) in [4.78, 5) is 2.55. The Morgan fingerprint density at radius 2 is 2.05 bits per heavy atom. The van der Waals surface area contributed by atoms with Gasteiger partial charge in [-0.25, -0.2) is 13.1 Å². The number of anilines is 1. The minimum absolute atomic E-state index is 0.359. The van der Waals surface area contributed by atoms with Crippen LogP contribution in [0.4, 0.5) is 5.69 Å². The van der Waals surface area contributed by atoms with Gasteiger partial charge in [-0.2, -0.15) is 0 Å². The maximum absolute atomic E-state index is 12.1. The SMILES string of the molecule is CCCN(c1ccccc1S(=O)(=O)NC)C1CNC1. The fraction of sp³-hybridized carbons (Fsp3) is 0.538. The van der Waals surface area contributed by atoms with Gasteiger partial charge in [0.1, 0.15) is 4.90 Å². The number of hydrogen-bond acceptors (Lipinski definition) is 4. The molecule has 19 heavy (non-hydrogen) atoms. The molecule has 0 amide bonds. The number of rotatable bonds is 6. The Balaban J connectivity index is 2.41. The normalized spacial score (nSPS) is 16.1. The zero-order chi connectivity index (χ0) is 13.9. The third-order valence-electron chi connectivity index (χ3n) is 3.40. The second kappa shape index (κ2) is 5.90. The molecule has 0 unspecified atom stereocenters. The van der Waals surface area contributed by atoms with E-state index in [1.165, 1.54) is 7.05 Å². The summed E-state index contributed by atoms with van der Waals surface area (Å²) < 4.78 is 26.6. The van der Waals surface area contributed by atoms with Gasteiger partial charge in [0, 0.05) is 19.6 Å². The highest BCUT2D eigenvalue weighted by Crippen LogP contribution is 2.27. The minimum Gasteiger partial charge on any atom is -0.365 e. The lowest BCUT2D eigenvalue weighted by atomic mass is 10.1. The molecule has 0 bridgehead atoms. The largest absolute Gasteiger partial charge is 0.365 e. The lowest BCUT2D eigenvalue weighted by molar-refractivity contribution is 0.411. The van der Waals surface area contributed by atoms with Crippen LogP contribution < -0.4 is 14.9 Å². The number of benzene rings is 1. The van der Waals surface area contributed by atoms with E-state index in [9.17, 15) is 8.42 Å². The third kappa shape index (κ3) is 2.91. The minimum atomic E-state index is -3.42. The van der Waals surface area contributed by atoms with Crippen molar-refractivity contribution in [1.82, 2.24) is 10.0 Å². The summed E-state index contributed by atoms with van der Waals surface area (Å²) >= 11 is 0. The van der Waals surface area contributed by atoms with Crippen molar-refractivity contribution in [3.63, 3.8) is 0 Å². The van der Waals surface area contributed by atoms with Crippen molar-refractivity contribution in [2.75, 3.05) is 31.6 Å². The zero-order valence-electron chi connectivity index (χ0n) is 11.4. The van der Waals surface area contributed by atoms with E-state index >= 15 is 0 Å². The molecule has 1 aliphatic heterocycles. The Morgan fingerprint density at radius 1 is 1.37 bits per heavy atom. The van der Waals surface area contributed by atoms with Crippen molar-refractivity contribution in [2.45, 2.75) is 24.3 Å². The molecule has 0 aromatic heterocycles. The molecule has 5 nitrogen and oxygen atoms in total. The van der Waals surface area contributed by atoms with Crippen molar-refractivity contribution in [2.24, 2.45) is 0 Å². The molecular weight excluding hydrogens is 262 g/mol. The summed E-state index contributed by atoms with van der Waals surface area (Å²) in [6, 6.07) is 7.58. The van der Waals surface area contributed by atoms with Crippen molar-refractivity contribution < 1.29 is 8.42 Å². The molecule has 1 aromatic carbocycles. The van der Waals surface area contributed by atoms with Crippen molar-refractivity contribution in [1.29, 1.82) is 0 Å². The van der Waals surface area contributed by atoms with Crippen LogP contribution in [0.15, 0.2) is 29.2 Å². The first-order valence-electron chi connectivity index (χ1n) is 6.60. The van der Waals surface area contributed by atoms with E-state index < -0.39 is 10.0 Å². The van der Waals surface area contributed by atoms with E-state index in [0.717, 1.165) is 31.7 Å². The number of sulfonamides is 1. The summed E-state index contributed by atoms with van der Waals surface area (Å²) in [5, 5.41) is 3.24. The van der Waals surface area contributed by atoms with Gasteiger partial charge in [-0.1, -0.05) is 19.1 Å². The maximum Gasteiger partial charge on any atom is 0.242 e. The monoisotopic (exact) mass is 283 g/mol. The van der Waals surface area contributed by atoms with Crippen LogP contribution in [-0.4, -0.2) is 41.1 Å². The van der Waals surface area contributed by atoms with E-state index in [1.807, 2.05) is 12.1 Å². The lowest BCUT2D eigenvalue weighted by Crippen LogP contribution is -2.58. The Bertz CT molecular complexity index is 526.